The Labute approximate surface area is 147 Å². The van der Waals surface area contributed by atoms with Crippen LogP contribution in [0.25, 0.3) is 11.5 Å². The molecule has 0 fully saturated rings. The van der Waals surface area contributed by atoms with Crippen LogP contribution in [0.3, 0.4) is 0 Å². The van der Waals surface area contributed by atoms with E-state index < -0.39 is 16.4 Å². The molecule has 2 heterocycles. The van der Waals surface area contributed by atoms with E-state index in [1.54, 1.807) is 19.1 Å². The molecule has 0 saturated carbocycles. The standard InChI is InChI=1S/C17H14N4O5/c1-11-9-12(21(24)25)4-5-13(11)18-16(22)10-20-17(23)7-6-14(19-20)15-3-2-8-26-15/h2-9H,10H2,1H3,(H,18,22). The van der Waals surface area contributed by atoms with E-state index in [0.717, 1.165) is 4.68 Å². The molecule has 3 aromatic rings. The number of rotatable bonds is 5. The van der Waals surface area contributed by atoms with Crippen LogP contribution in [0.2, 0.25) is 0 Å². The third-order valence-electron chi connectivity index (χ3n) is 3.63. The van der Waals surface area contributed by atoms with E-state index in [9.17, 15) is 19.7 Å². The predicted molar refractivity (Wildman–Crippen MR) is 92.7 cm³/mol. The number of nitro groups is 1. The number of anilines is 1. The molecule has 132 valence electrons. The summed E-state index contributed by atoms with van der Waals surface area (Å²) in [6.45, 7) is 1.34. The topological polar surface area (TPSA) is 120 Å². The zero-order valence-electron chi connectivity index (χ0n) is 13.7. The van der Waals surface area contributed by atoms with Crippen LogP contribution in [0.4, 0.5) is 11.4 Å². The van der Waals surface area contributed by atoms with Crippen molar-refractivity contribution in [3.8, 4) is 11.5 Å². The maximum Gasteiger partial charge on any atom is 0.269 e. The molecule has 0 saturated heterocycles. The van der Waals surface area contributed by atoms with Crippen molar-refractivity contribution in [2.75, 3.05) is 5.32 Å². The van der Waals surface area contributed by atoms with Gasteiger partial charge in [-0.1, -0.05) is 0 Å². The highest BCUT2D eigenvalue weighted by atomic mass is 16.6. The molecular formula is C17H14N4O5. The minimum atomic E-state index is -0.512. The Bertz CT molecular complexity index is 1020. The normalized spacial score (nSPS) is 10.5. The average Bonchev–Trinajstić information content (AvgIpc) is 3.13. The number of hydrogen-bond donors (Lipinski definition) is 1. The van der Waals surface area contributed by atoms with Crippen molar-refractivity contribution in [3.63, 3.8) is 0 Å². The number of benzene rings is 1. The molecule has 1 amide bonds. The molecule has 9 nitrogen and oxygen atoms in total. The molecule has 0 aliphatic carbocycles. The van der Waals surface area contributed by atoms with Gasteiger partial charge in [-0.25, -0.2) is 4.68 Å². The fourth-order valence-electron chi connectivity index (χ4n) is 2.35. The summed E-state index contributed by atoms with van der Waals surface area (Å²) in [6.07, 6.45) is 1.48. The van der Waals surface area contributed by atoms with Crippen molar-refractivity contribution in [2.45, 2.75) is 13.5 Å². The molecule has 0 spiro atoms. The van der Waals surface area contributed by atoms with Gasteiger partial charge in [0.2, 0.25) is 5.91 Å². The van der Waals surface area contributed by atoms with Gasteiger partial charge in [-0.05, 0) is 36.8 Å². The van der Waals surface area contributed by atoms with Crippen molar-refractivity contribution in [3.05, 3.63) is 74.8 Å². The molecular weight excluding hydrogens is 340 g/mol. The molecule has 0 unspecified atom stereocenters. The highest BCUT2D eigenvalue weighted by Gasteiger charge is 2.12. The molecule has 0 atom stereocenters. The van der Waals surface area contributed by atoms with Crippen molar-refractivity contribution in [1.82, 2.24) is 9.78 Å². The Hall–Kier alpha value is -3.75. The number of aryl methyl sites for hydroxylation is 1. The summed E-state index contributed by atoms with van der Waals surface area (Å²) in [5.41, 5.74) is 0.891. The molecule has 0 aliphatic heterocycles. The Balaban J connectivity index is 1.77. The van der Waals surface area contributed by atoms with Gasteiger partial charge >= 0.3 is 0 Å². The second kappa shape index (κ2) is 7.01. The largest absolute Gasteiger partial charge is 0.463 e. The summed E-state index contributed by atoms with van der Waals surface area (Å²) in [4.78, 5) is 34.4. The highest BCUT2D eigenvalue weighted by Crippen LogP contribution is 2.21. The first kappa shape index (κ1) is 17.1. The van der Waals surface area contributed by atoms with Crippen LogP contribution in [0.1, 0.15) is 5.56 Å². The molecule has 1 aromatic carbocycles. The van der Waals surface area contributed by atoms with Gasteiger partial charge in [0.25, 0.3) is 11.2 Å². The van der Waals surface area contributed by atoms with E-state index in [0.29, 0.717) is 22.7 Å². The highest BCUT2D eigenvalue weighted by molar-refractivity contribution is 5.91. The van der Waals surface area contributed by atoms with Crippen molar-refractivity contribution < 1.29 is 14.1 Å². The lowest BCUT2D eigenvalue weighted by Crippen LogP contribution is -2.29. The number of nitro benzene ring substituents is 1. The quantitative estimate of drug-likeness (QED) is 0.555. The Morgan fingerprint density at radius 1 is 1.31 bits per heavy atom. The molecule has 0 aliphatic rings. The minimum Gasteiger partial charge on any atom is -0.463 e. The SMILES string of the molecule is Cc1cc([N+](=O)[O-])ccc1NC(=O)Cn1nc(-c2ccco2)ccc1=O. The molecule has 0 radical (unpaired) electrons. The Kier molecular flexibility index (Phi) is 4.61. The smallest absolute Gasteiger partial charge is 0.269 e. The third-order valence-corrected chi connectivity index (χ3v) is 3.63. The van der Waals surface area contributed by atoms with Crippen LogP contribution in [-0.4, -0.2) is 20.6 Å². The lowest BCUT2D eigenvalue weighted by molar-refractivity contribution is -0.384. The lowest BCUT2D eigenvalue weighted by Gasteiger charge is -2.09. The number of nitrogens with one attached hydrogen (secondary N) is 1. The van der Waals surface area contributed by atoms with E-state index in [1.807, 2.05) is 0 Å². The number of amides is 1. The van der Waals surface area contributed by atoms with Crippen LogP contribution < -0.4 is 10.9 Å². The van der Waals surface area contributed by atoms with Gasteiger partial charge in [-0.3, -0.25) is 19.7 Å². The fraction of sp³-hybridized carbons (Fsp3) is 0.118. The van der Waals surface area contributed by atoms with E-state index in [1.165, 1.54) is 36.6 Å². The summed E-state index contributed by atoms with van der Waals surface area (Å²) >= 11 is 0. The van der Waals surface area contributed by atoms with Gasteiger partial charge in [0.05, 0.1) is 11.2 Å². The van der Waals surface area contributed by atoms with Crippen molar-refractivity contribution >= 4 is 17.3 Å². The van der Waals surface area contributed by atoms with Gasteiger partial charge in [0.1, 0.15) is 12.2 Å². The number of aromatic nitrogens is 2. The molecule has 0 bridgehead atoms. The van der Waals surface area contributed by atoms with Gasteiger partial charge in [0, 0.05) is 23.9 Å². The van der Waals surface area contributed by atoms with Crippen molar-refractivity contribution in [2.24, 2.45) is 0 Å². The molecule has 1 N–H and O–H groups in total. The van der Waals surface area contributed by atoms with Crippen LogP contribution in [-0.2, 0) is 11.3 Å². The number of furan rings is 1. The first-order valence-electron chi connectivity index (χ1n) is 7.61. The second-order valence-corrected chi connectivity index (χ2v) is 5.50. The summed E-state index contributed by atoms with van der Waals surface area (Å²) < 4.78 is 6.25. The number of nitrogens with zero attached hydrogens (tertiary/aromatic N) is 3. The summed E-state index contributed by atoms with van der Waals surface area (Å²) in [7, 11) is 0. The third kappa shape index (κ3) is 3.66. The number of non-ortho nitro benzene ring substituents is 1. The van der Waals surface area contributed by atoms with Gasteiger partial charge in [-0.2, -0.15) is 5.10 Å². The summed E-state index contributed by atoms with van der Waals surface area (Å²) in [6, 6.07) is 10.3. The minimum absolute atomic E-state index is 0.0652. The van der Waals surface area contributed by atoms with Crippen LogP contribution in [0.15, 0.2) is 57.9 Å². The molecule has 2 aromatic heterocycles. The number of carbonyl (C=O) groups excluding carboxylic acids is 1. The molecule has 3 rings (SSSR count). The summed E-state index contributed by atoms with van der Waals surface area (Å²) in [5.74, 6) is -0.00137. The van der Waals surface area contributed by atoms with E-state index in [2.05, 4.69) is 10.4 Å². The first-order valence-corrected chi connectivity index (χ1v) is 7.61. The van der Waals surface area contributed by atoms with Gasteiger partial charge in [0.15, 0.2) is 5.76 Å². The van der Waals surface area contributed by atoms with E-state index in [-0.39, 0.29) is 12.2 Å². The van der Waals surface area contributed by atoms with Crippen LogP contribution >= 0.6 is 0 Å². The zero-order chi connectivity index (χ0) is 18.7. The average molecular weight is 354 g/mol. The number of carbonyl (C=O) groups is 1. The maximum atomic E-state index is 12.2. The van der Waals surface area contributed by atoms with Gasteiger partial charge in [-0.15, -0.1) is 0 Å². The zero-order valence-corrected chi connectivity index (χ0v) is 13.7. The fourth-order valence-corrected chi connectivity index (χ4v) is 2.35. The van der Waals surface area contributed by atoms with E-state index >= 15 is 0 Å². The van der Waals surface area contributed by atoms with Crippen molar-refractivity contribution in [1.29, 1.82) is 0 Å². The maximum absolute atomic E-state index is 12.2. The lowest BCUT2D eigenvalue weighted by atomic mass is 10.2. The monoisotopic (exact) mass is 354 g/mol. The molecule has 9 heteroatoms. The predicted octanol–water partition coefficient (Wildman–Crippen LogP) is 2.36. The summed E-state index contributed by atoms with van der Waals surface area (Å²) in [5, 5.41) is 17.5. The first-order chi connectivity index (χ1) is 12.4. The second-order valence-electron chi connectivity index (χ2n) is 5.50. The van der Waals surface area contributed by atoms with Crippen LogP contribution in [0.5, 0.6) is 0 Å². The number of hydrogen-bond acceptors (Lipinski definition) is 6. The van der Waals surface area contributed by atoms with E-state index in [4.69, 9.17) is 4.42 Å². The Morgan fingerprint density at radius 3 is 2.77 bits per heavy atom. The van der Waals surface area contributed by atoms with Gasteiger partial charge < -0.3 is 9.73 Å². The Morgan fingerprint density at radius 2 is 2.12 bits per heavy atom. The van der Waals surface area contributed by atoms with Crippen LogP contribution in [0, 0.1) is 17.0 Å². The molecule has 26 heavy (non-hydrogen) atoms.